The second kappa shape index (κ2) is 5.66. The van der Waals surface area contributed by atoms with Gasteiger partial charge >= 0.3 is 0 Å². The summed E-state index contributed by atoms with van der Waals surface area (Å²) in [5.74, 6) is -0.197. The van der Waals surface area contributed by atoms with Crippen LogP contribution in [0.5, 0.6) is 0 Å². The summed E-state index contributed by atoms with van der Waals surface area (Å²) in [5, 5.41) is 17.3. The Morgan fingerprint density at radius 2 is 1.94 bits per heavy atom. The molecule has 0 aliphatic heterocycles. The molecule has 1 aromatic heterocycles. The number of hydrogen-bond acceptors (Lipinski definition) is 4. The minimum Gasteiger partial charge on any atom is -0.311 e. The predicted molar refractivity (Wildman–Crippen MR) is 68.1 cm³/mol. The zero-order valence-corrected chi connectivity index (χ0v) is 10.8. The zero-order chi connectivity index (χ0) is 13.0. The maximum Gasteiger partial charge on any atom is 0.265 e. The molecule has 0 saturated heterocycles. The highest BCUT2D eigenvalue weighted by molar-refractivity contribution is 7.14. The van der Waals surface area contributed by atoms with Crippen molar-refractivity contribution in [3.05, 3.63) is 21.4 Å². The Balaban J connectivity index is 2.20. The third-order valence-corrected chi connectivity index (χ3v) is 4.24. The summed E-state index contributed by atoms with van der Waals surface area (Å²) in [4.78, 5) is 15.4. The molecule has 2 rings (SSSR count). The lowest BCUT2D eigenvalue weighted by molar-refractivity contribution is 0.0799. The Bertz CT molecular complexity index is 496. The molecule has 5 heteroatoms. The molecule has 0 fully saturated rings. The minimum absolute atomic E-state index is 0.0328. The highest BCUT2D eigenvalue weighted by Gasteiger charge is 2.21. The van der Waals surface area contributed by atoms with Crippen molar-refractivity contribution < 1.29 is 4.79 Å². The summed E-state index contributed by atoms with van der Waals surface area (Å²) in [6.45, 7) is -0.0656. The van der Waals surface area contributed by atoms with Crippen LogP contribution in [0.25, 0.3) is 0 Å². The summed E-state index contributed by atoms with van der Waals surface area (Å²) in [5.41, 5.74) is 1.27. The number of thiophene rings is 1. The topological polar surface area (TPSA) is 67.9 Å². The summed E-state index contributed by atoms with van der Waals surface area (Å²) in [6.07, 6.45) is 4.44. The molecule has 0 radical (unpaired) electrons. The van der Waals surface area contributed by atoms with E-state index in [0.29, 0.717) is 4.88 Å². The average molecular weight is 259 g/mol. The van der Waals surface area contributed by atoms with Gasteiger partial charge in [-0.15, -0.1) is 11.3 Å². The highest BCUT2D eigenvalue weighted by Crippen LogP contribution is 2.30. The molecular weight excluding hydrogens is 246 g/mol. The van der Waals surface area contributed by atoms with Gasteiger partial charge in [0.2, 0.25) is 0 Å². The fraction of sp³-hybridized carbons (Fsp3) is 0.462. The van der Waals surface area contributed by atoms with Crippen LogP contribution in [-0.4, -0.2) is 23.9 Å². The van der Waals surface area contributed by atoms with Crippen molar-refractivity contribution in [1.82, 2.24) is 4.90 Å². The van der Waals surface area contributed by atoms with Crippen LogP contribution in [0, 0.1) is 22.7 Å². The number of aryl methyl sites for hydroxylation is 2. The van der Waals surface area contributed by atoms with Gasteiger partial charge in [0, 0.05) is 4.88 Å². The van der Waals surface area contributed by atoms with Crippen molar-refractivity contribution in [3.8, 4) is 12.1 Å². The van der Waals surface area contributed by atoms with Gasteiger partial charge in [0.1, 0.15) is 13.1 Å². The first-order valence-electron chi connectivity index (χ1n) is 5.91. The molecule has 1 amide bonds. The molecule has 0 unspecified atom stereocenters. The maximum atomic E-state index is 12.2. The summed E-state index contributed by atoms with van der Waals surface area (Å²) in [6, 6.07) is 5.78. The molecule has 1 aliphatic rings. The van der Waals surface area contributed by atoms with E-state index in [1.165, 1.54) is 39.5 Å². The van der Waals surface area contributed by atoms with E-state index in [0.717, 1.165) is 12.8 Å². The Morgan fingerprint density at radius 3 is 2.56 bits per heavy atom. The minimum atomic E-state index is -0.197. The monoisotopic (exact) mass is 259 g/mol. The largest absolute Gasteiger partial charge is 0.311 e. The summed E-state index contributed by atoms with van der Waals surface area (Å²) >= 11 is 1.51. The maximum absolute atomic E-state index is 12.2. The molecule has 92 valence electrons. The lowest BCUT2D eigenvalue weighted by atomic mass is 9.99. The van der Waals surface area contributed by atoms with Gasteiger partial charge in [-0.1, -0.05) is 0 Å². The van der Waals surface area contributed by atoms with Gasteiger partial charge in [0.25, 0.3) is 5.91 Å². The molecule has 0 spiro atoms. The Kier molecular flexibility index (Phi) is 3.96. The predicted octanol–water partition coefficient (Wildman–Crippen LogP) is 2.12. The lowest BCUT2D eigenvalue weighted by Gasteiger charge is -2.14. The van der Waals surface area contributed by atoms with Crippen LogP contribution in [0.2, 0.25) is 0 Å². The molecule has 0 aromatic carbocycles. The van der Waals surface area contributed by atoms with Gasteiger partial charge in [-0.2, -0.15) is 10.5 Å². The van der Waals surface area contributed by atoms with Crippen molar-refractivity contribution in [2.75, 3.05) is 13.1 Å². The van der Waals surface area contributed by atoms with Crippen LogP contribution in [0.3, 0.4) is 0 Å². The second-order valence-electron chi connectivity index (χ2n) is 4.24. The van der Waals surface area contributed by atoms with Crippen molar-refractivity contribution in [1.29, 1.82) is 10.5 Å². The van der Waals surface area contributed by atoms with Gasteiger partial charge < -0.3 is 4.90 Å². The molecule has 0 atom stereocenters. The number of nitriles is 2. The van der Waals surface area contributed by atoms with E-state index in [1.807, 2.05) is 18.2 Å². The number of amides is 1. The van der Waals surface area contributed by atoms with E-state index in [4.69, 9.17) is 10.5 Å². The highest BCUT2D eigenvalue weighted by atomic mass is 32.1. The molecular formula is C13H13N3OS. The molecule has 0 bridgehead atoms. The van der Waals surface area contributed by atoms with Crippen molar-refractivity contribution in [2.45, 2.75) is 25.7 Å². The van der Waals surface area contributed by atoms with Gasteiger partial charge in [-0.25, -0.2) is 0 Å². The van der Waals surface area contributed by atoms with Crippen LogP contribution in [0.4, 0.5) is 0 Å². The van der Waals surface area contributed by atoms with E-state index < -0.39 is 0 Å². The SMILES string of the molecule is N#CCN(CC#N)C(=O)c1cc2c(s1)CCCC2. The lowest BCUT2D eigenvalue weighted by Crippen LogP contribution is -2.31. The fourth-order valence-corrected chi connectivity index (χ4v) is 3.34. The van der Waals surface area contributed by atoms with E-state index in [1.54, 1.807) is 0 Å². The van der Waals surface area contributed by atoms with Crippen molar-refractivity contribution >= 4 is 17.2 Å². The summed E-state index contributed by atoms with van der Waals surface area (Å²) < 4.78 is 0. The standard InChI is InChI=1S/C13H13N3OS/c14-5-7-16(8-6-15)13(17)12-9-10-3-1-2-4-11(10)18-12/h9H,1-4,7-8H2. The molecule has 1 aromatic rings. The van der Waals surface area contributed by atoms with E-state index in [-0.39, 0.29) is 19.0 Å². The van der Waals surface area contributed by atoms with Gasteiger partial charge in [0.15, 0.2) is 0 Å². The Hall–Kier alpha value is -1.85. The molecule has 0 saturated carbocycles. The summed E-state index contributed by atoms with van der Waals surface area (Å²) in [7, 11) is 0. The first kappa shape index (κ1) is 12.6. The van der Waals surface area contributed by atoms with E-state index in [2.05, 4.69) is 0 Å². The number of carbonyl (C=O) groups is 1. The van der Waals surface area contributed by atoms with Crippen molar-refractivity contribution in [3.63, 3.8) is 0 Å². The number of hydrogen-bond donors (Lipinski definition) is 0. The molecule has 1 aliphatic carbocycles. The normalized spacial score (nSPS) is 13.2. The van der Waals surface area contributed by atoms with E-state index in [9.17, 15) is 4.79 Å². The molecule has 18 heavy (non-hydrogen) atoms. The van der Waals surface area contributed by atoms with E-state index >= 15 is 0 Å². The van der Waals surface area contributed by atoms with Gasteiger partial charge in [-0.05, 0) is 37.3 Å². The molecule has 1 heterocycles. The van der Waals surface area contributed by atoms with Crippen LogP contribution < -0.4 is 0 Å². The quantitative estimate of drug-likeness (QED) is 0.781. The molecule has 4 nitrogen and oxygen atoms in total. The number of carbonyl (C=O) groups excluding carboxylic acids is 1. The van der Waals surface area contributed by atoms with Crippen LogP contribution in [-0.2, 0) is 12.8 Å². The fourth-order valence-electron chi connectivity index (χ4n) is 2.12. The third-order valence-electron chi connectivity index (χ3n) is 3.02. The first-order valence-corrected chi connectivity index (χ1v) is 6.72. The average Bonchev–Trinajstić information content (AvgIpc) is 2.81. The van der Waals surface area contributed by atoms with Crippen LogP contribution in [0.15, 0.2) is 6.07 Å². The van der Waals surface area contributed by atoms with Crippen LogP contribution >= 0.6 is 11.3 Å². The number of fused-ring (bicyclic) bond motifs is 1. The smallest absolute Gasteiger partial charge is 0.265 e. The zero-order valence-electron chi connectivity index (χ0n) is 9.98. The molecule has 0 N–H and O–H groups in total. The number of nitrogens with zero attached hydrogens (tertiary/aromatic N) is 3. The Morgan fingerprint density at radius 1 is 1.28 bits per heavy atom. The second-order valence-corrected chi connectivity index (χ2v) is 5.38. The third kappa shape index (κ3) is 2.52. The Labute approximate surface area is 110 Å². The van der Waals surface area contributed by atoms with Crippen molar-refractivity contribution in [2.24, 2.45) is 0 Å². The van der Waals surface area contributed by atoms with Gasteiger partial charge in [0.05, 0.1) is 17.0 Å². The first-order chi connectivity index (χ1) is 8.76. The van der Waals surface area contributed by atoms with Crippen LogP contribution in [0.1, 0.15) is 33.0 Å². The number of rotatable bonds is 3. The van der Waals surface area contributed by atoms with Gasteiger partial charge in [-0.3, -0.25) is 4.79 Å².